The Morgan fingerprint density at radius 3 is 1.52 bits per heavy atom. The van der Waals surface area contributed by atoms with Crippen LogP contribution in [0.3, 0.4) is 0 Å². The van der Waals surface area contributed by atoms with Gasteiger partial charge in [-0.05, 0) is 90.0 Å². The molecular formula is C32H22N4O9S3. The Morgan fingerprint density at radius 2 is 1.02 bits per heavy atom. The Morgan fingerprint density at radius 1 is 0.521 bits per heavy atom. The molecule has 0 saturated heterocycles. The number of fused-ring (bicyclic) bond motifs is 8. The molecule has 2 aliphatic rings. The maximum atomic E-state index is 12.6. The van der Waals surface area contributed by atoms with E-state index in [4.69, 9.17) is 4.98 Å². The molecule has 16 heteroatoms. The molecule has 5 N–H and O–H groups in total. The summed E-state index contributed by atoms with van der Waals surface area (Å²) in [5.41, 5.74) is 5.09. The third-order valence-electron chi connectivity index (χ3n) is 7.65. The van der Waals surface area contributed by atoms with Gasteiger partial charge in [0.2, 0.25) is 0 Å². The molecule has 0 aliphatic carbocycles. The van der Waals surface area contributed by atoms with Crippen molar-refractivity contribution in [3.8, 4) is 22.3 Å². The molecule has 5 heterocycles. The highest BCUT2D eigenvalue weighted by Gasteiger charge is 2.25. The van der Waals surface area contributed by atoms with Crippen molar-refractivity contribution < 1.29 is 38.9 Å². The number of rotatable bonds is 5. The summed E-state index contributed by atoms with van der Waals surface area (Å²) in [6.07, 6.45) is 4.77. The minimum Gasteiger partial charge on any atom is -0.355 e. The van der Waals surface area contributed by atoms with E-state index in [1.807, 2.05) is 0 Å². The Kier molecular flexibility index (Phi) is 7.31. The van der Waals surface area contributed by atoms with E-state index in [0.29, 0.717) is 55.7 Å². The van der Waals surface area contributed by atoms with Crippen LogP contribution in [-0.4, -0.2) is 58.8 Å². The van der Waals surface area contributed by atoms with Crippen molar-refractivity contribution in [1.82, 2.24) is 19.9 Å². The monoisotopic (exact) mass is 702 g/mol. The van der Waals surface area contributed by atoms with Crippen LogP contribution in [0.4, 0.5) is 0 Å². The van der Waals surface area contributed by atoms with Crippen molar-refractivity contribution in [3.05, 3.63) is 108 Å². The van der Waals surface area contributed by atoms with Crippen LogP contribution in [0.2, 0.25) is 0 Å². The number of hydrogen-bond acceptors (Lipinski definition) is 8. The van der Waals surface area contributed by atoms with Gasteiger partial charge in [0.1, 0.15) is 4.91 Å². The molecule has 48 heavy (non-hydrogen) atoms. The number of hydrogen-bond donors (Lipinski definition) is 5. The lowest BCUT2D eigenvalue weighted by atomic mass is 10.0. The quantitative estimate of drug-likeness (QED) is 0.137. The SMILES string of the molecule is O=S(=O)(O)C1=Cc2nc1cc1ccc([nH]1)c(-c1ccc(S(=O)(=O)O)cc1)c1nc(cc3ccc([nH]3)c2-c2ccc(S(=O)(=O)O)cc2)C=C1. The molecule has 7 rings (SSSR count). The molecule has 5 aromatic rings. The molecular weight excluding hydrogens is 681 g/mol. The second kappa shape index (κ2) is 11.2. The van der Waals surface area contributed by atoms with Gasteiger partial charge in [-0.3, -0.25) is 13.7 Å². The maximum absolute atomic E-state index is 12.6. The van der Waals surface area contributed by atoms with Gasteiger partial charge in [-0.2, -0.15) is 25.3 Å². The van der Waals surface area contributed by atoms with Crippen LogP contribution in [0, 0.1) is 0 Å². The second-order valence-electron chi connectivity index (χ2n) is 10.8. The van der Waals surface area contributed by atoms with Crippen LogP contribution < -0.4 is 0 Å². The first kappa shape index (κ1) is 31.4. The van der Waals surface area contributed by atoms with Gasteiger partial charge >= 0.3 is 0 Å². The minimum atomic E-state index is -4.78. The smallest absolute Gasteiger partial charge is 0.296 e. The largest absolute Gasteiger partial charge is 0.355 e. The van der Waals surface area contributed by atoms with Gasteiger partial charge in [-0.1, -0.05) is 24.3 Å². The Balaban J connectivity index is 1.56. The number of benzene rings is 2. The highest BCUT2D eigenvalue weighted by molar-refractivity contribution is 7.95. The number of aromatic amines is 2. The molecule has 0 spiro atoms. The second-order valence-corrected chi connectivity index (χ2v) is 15.0. The molecule has 0 amide bonds. The van der Waals surface area contributed by atoms with E-state index < -0.39 is 35.3 Å². The predicted octanol–water partition coefficient (Wildman–Crippen LogP) is 5.70. The number of nitrogens with one attached hydrogen (secondary N) is 2. The first-order valence-corrected chi connectivity index (χ1v) is 18.2. The summed E-state index contributed by atoms with van der Waals surface area (Å²) in [4.78, 5) is 14.7. The molecule has 3 aromatic heterocycles. The normalized spacial score (nSPS) is 13.4. The Hall–Kier alpha value is -5.23. The van der Waals surface area contributed by atoms with E-state index >= 15 is 0 Å². The third-order valence-corrected chi connectivity index (χ3v) is 10.3. The third kappa shape index (κ3) is 5.99. The molecule has 13 nitrogen and oxygen atoms in total. The van der Waals surface area contributed by atoms with Gasteiger partial charge < -0.3 is 9.97 Å². The van der Waals surface area contributed by atoms with Gasteiger partial charge in [-0.25, -0.2) is 9.97 Å². The number of H-pyrrole nitrogens is 2. The van der Waals surface area contributed by atoms with Crippen molar-refractivity contribution in [2.24, 2.45) is 0 Å². The van der Waals surface area contributed by atoms with E-state index in [-0.39, 0.29) is 21.2 Å². The summed E-state index contributed by atoms with van der Waals surface area (Å²) < 4.78 is 101. The van der Waals surface area contributed by atoms with Crippen LogP contribution in [0.5, 0.6) is 0 Å². The van der Waals surface area contributed by atoms with Gasteiger partial charge in [0.25, 0.3) is 30.4 Å². The maximum Gasteiger partial charge on any atom is 0.296 e. The number of nitrogens with zero attached hydrogens (tertiary/aromatic N) is 2. The van der Waals surface area contributed by atoms with Crippen LogP contribution in [-0.2, 0) is 30.4 Å². The van der Waals surface area contributed by atoms with E-state index in [9.17, 15) is 38.9 Å². The molecule has 8 bridgehead atoms. The van der Waals surface area contributed by atoms with Crippen molar-refractivity contribution in [2.45, 2.75) is 9.79 Å². The molecule has 2 aliphatic heterocycles. The first-order chi connectivity index (χ1) is 22.6. The predicted molar refractivity (Wildman–Crippen MR) is 180 cm³/mol. The lowest BCUT2D eigenvalue weighted by molar-refractivity contribution is 0.481. The fourth-order valence-corrected chi connectivity index (χ4v) is 7.10. The summed E-state index contributed by atoms with van der Waals surface area (Å²) in [5, 5.41) is 0. The fourth-order valence-electron chi connectivity index (χ4n) is 5.51. The van der Waals surface area contributed by atoms with Gasteiger partial charge in [0, 0.05) is 33.2 Å². The van der Waals surface area contributed by atoms with Gasteiger partial charge in [0.05, 0.1) is 32.6 Å². The molecule has 2 aromatic carbocycles. The molecule has 242 valence electrons. The minimum absolute atomic E-state index is 0.0915. The molecule has 0 atom stereocenters. The van der Waals surface area contributed by atoms with Crippen molar-refractivity contribution in [1.29, 1.82) is 0 Å². The van der Waals surface area contributed by atoms with Crippen LogP contribution in [0.25, 0.3) is 67.5 Å². The summed E-state index contributed by atoms with van der Waals surface area (Å²) in [7, 11) is -13.7. The summed E-state index contributed by atoms with van der Waals surface area (Å²) in [6, 6.07) is 20.9. The zero-order chi connectivity index (χ0) is 34.0. The van der Waals surface area contributed by atoms with Crippen molar-refractivity contribution in [3.63, 3.8) is 0 Å². The van der Waals surface area contributed by atoms with Crippen molar-refractivity contribution >= 4 is 75.6 Å². The summed E-state index contributed by atoms with van der Waals surface area (Å²) in [5.74, 6) is 0. The van der Waals surface area contributed by atoms with E-state index in [1.165, 1.54) is 60.7 Å². The lowest BCUT2D eigenvalue weighted by Gasteiger charge is -2.05. The van der Waals surface area contributed by atoms with Crippen LogP contribution in [0.1, 0.15) is 22.8 Å². The molecule has 0 fully saturated rings. The van der Waals surface area contributed by atoms with Crippen LogP contribution in [0.15, 0.2) is 94.7 Å². The highest BCUT2D eigenvalue weighted by atomic mass is 32.2. The van der Waals surface area contributed by atoms with Gasteiger partial charge in [-0.15, -0.1) is 0 Å². The summed E-state index contributed by atoms with van der Waals surface area (Å²) in [6.45, 7) is 0. The highest BCUT2D eigenvalue weighted by Crippen LogP contribution is 2.36. The standard InChI is InChI=1S/C32H22N4O9S3/c37-46(38,39)23-8-1-18(2-9-23)31-25-12-5-20(33-25)15-21-6-13-27(34-21)32(19-3-10-24(11-4-19)47(40,41)42)29-17-30(48(43,44)45)28(36-29)16-22-7-14-26(31)35-22/h1-17,34-35H,(H,37,38,39)(H,40,41,42)(H,43,44,45). The van der Waals surface area contributed by atoms with E-state index in [2.05, 4.69) is 15.0 Å². The average Bonchev–Trinajstić information content (AvgIpc) is 3.82. The fraction of sp³-hybridized carbons (Fsp3) is 0. The van der Waals surface area contributed by atoms with Gasteiger partial charge in [0.15, 0.2) is 0 Å². The van der Waals surface area contributed by atoms with E-state index in [0.717, 1.165) is 0 Å². The summed E-state index contributed by atoms with van der Waals surface area (Å²) >= 11 is 0. The zero-order valence-corrected chi connectivity index (χ0v) is 26.7. The van der Waals surface area contributed by atoms with E-state index in [1.54, 1.807) is 42.5 Å². The van der Waals surface area contributed by atoms with Crippen LogP contribution >= 0.6 is 0 Å². The van der Waals surface area contributed by atoms with Crippen molar-refractivity contribution in [2.75, 3.05) is 0 Å². The Labute approximate surface area is 273 Å². The Bertz CT molecular complexity index is 2730. The molecule has 0 unspecified atom stereocenters. The molecule has 0 saturated carbocycles. The zero-order valence-electron chi connectivity index (χ0n) is 24.2. The lowest BCUT2D eigenvalue weighted by Crippen LogP contribution is -1.98. The number of aromatic nitrogens is 4. The average molecular weight is 703 g/mol. The first-order valence-electron chi connectivity index (χ1n) is 13.9. The topological polar surface area (TPSA) is 220 Å². The molecule has 0 radical (unpaired) electrons.